The van der Waals surface area contributed by atoms with Gasteiger partial charge in [0.25, 0.3) is 0 Å². The lowest BCUT2D eigenvalue weighted by Gasteiger charge is -2.18. The van der Waals surface area contributed by atoms with Gasteiger partial charge in [0.05, 0.1) is 12.5 Å². The zero-order valence-electron chi connectivity index (χ0n) is 15.7. The fourth-order valence-electron chi connectivity index (χ4n) is 4.10. The van der Waals surface area contributed by atoms with Crippen LogP contribution in [0.4, 0.5) is 0 Å². The first-order valence-electron chi connectivity index (χ1n) is 9.87. The van der Waals surface area contributed by atoms with Crippen LogP contribution in [-0.4, -0.2) is 17.7 Å². The molecule has 0 aliphatic heterocycles. The SMILES string of the molecule is CCO[C@@H](CC(=O)O)c1ccc(O[C@@H]2CCc3c(C4CC4)cccc32)cc1. The third kappa shape index (κ3) is 4.01. The van der Waals surface area contributed by atoms with Crippen molar-refractivity contribution < 1.29 is 19.4 Å². The Labute approximate surface area is 160 Å². The van der Waals surface area contributed by atoms with Crippen LogP contribution in [0.1, 0.15) is 73.0 Å². The van der Waals surface area contributed by atoms with Gasteiger partial charge in [0.1, 0.15) is 11.9 Å². The summed E-state index contributed by atoms with van der Waals surface area (Å²) in [5.74, 6) is 0.726. The normalized spacial score (nSPS) is 19.5. The molecule has 4 nitrogen and oxygen atoms in total. The first-order valence-corrected chi connectivity index (χ1v) is 9.87. The standard InChI is InChI=1S/C23H26O4/c1-2-26-22(14-23(24)25)16-8-10-17(11-9-16)27-21-13-12-19-18(15-6-7-15)4-3-5-20(19)21/h3-5,8-11,15,21-22H,2,6-7,12-14H2,1H3,(H,24,25)/t21-,22+/m1/s1. The van der Waals surface area contributed by atoms with E-state index in [1.54, 1.807) is 0 Å². The number of fused-ring (bicyclic) bond motifs is 1. The lowest BCUT2D eigenvalue weighted by Crippen LogP contribution is -2.10. The minimum absolute atomic E-state index is 0.0337. The van der Waals surface area contributed by atoms with Crippen LogP contribution < -0.4 is 4.74 Å². The molecule has 2 atom stereocenters. The van der Waals surface area contributed by atoms with Crippen LogP contribution in [0, 0.1) is 0 Å². The van der Waals surface area contributed by atoms with Crippen molar-refractivity contribution in [1.29, 1.82) is 0 Å². The lowest BCUT2D eigenvalue weighted by atomic mass is 9.99. The summed E-state index contributed by atoms with van der Waals surface area (Å²) in [6, 6.07) is 14.3. The highest BCUT2D eigenvalue weighted by Crippen LogP contribution is 2.46. The molecule has 4 rings (SSSR count). The number of ether oxygens (including phenoxy) is 2. The van der Waals surface area contributed by atoms with E-state index in [0.717, 1.165) is 30.1 Å². The zero-order valence-corrected chi connectivity index (χ0v) is 15.7. The number of carboxylic acids is 1. The summed E-state index contributed by atoms with van der Waals surface area (Å²) in [7, 11) is 0. The Morgan fingerprint density at radius 2 is 1.85 bits per heavy atom. The summed E-state index contributed by atoms with van der Waals surface area (Å²) in [4.78, 5) is 11.0. The summed E-state index contributed by atoms with van der Waals surface area (Å²) >= 11 is 0. The van der Waals surface area contributed by atoms with Crippen LogP contribution in [0.2, 0.25) is 0 Å². The average molecular weight is 366 g/mol. The highest BCUT2D eigenvalue weighted by Gasteiger charge is 2.32. The number of benzene rings is 2. The van der Waals surface area contributed by atoms with Gasteiger partial charge < -0.3 is 14.6 Å². The number of carboxylic acid groups (broad SMARTS) is 1. The molecule has 2 aliphatic carbocycles. The van der Waals surface area contributed by atoms with Crippen molar-refractivity contribution in [3.63, 3.8) is 0 Å². The summed E-state index contributed by atoms with van der Waals surface area (Å²) in [5, 5.41) is 9.07. The smallest absolute Gasteiger partial charge is 0.306 e. The Kier molecular flexibility index (Phi) is 5.17. The van der Waals surface area contributed by atoms with Crippen molar-refractivity contribution in [2.45, 2.75) is 57.2 Å². The van der Waals surface area contributed by atoms with Gasteiger partial charge in [-0.05, 0) is 72.9 Å². The molecule has 27 heavy (non-hydrogen) atoms. The van der Waals surface area contributed by atoms with E-state index in [1.807, 2.05) is 31.2 Å². The van der Waals surface area contributed by atoms with E-state index in [1.165, 1.54) is 29.5 Å². The Morgan fingerprint density at radius 3 is 2.52 bits per heavy atom. The van der Waals surface area contributed by atoms with Gasteiger partial charge in [-0.3, -0.25) is 4.79 Å². The van der Waals surface area contributed by atoms with Crippen molar-refractivity contribution in [3.8, 4) is 5.75 Å². The molecule has 2 aliphatic rings. The minimum Gasteiger partial charge on any atom is -0.486 e. The van der Waals surface area contributed by atoms with E-state index >= 15 is 0 Å². The maximum atomic E-state index is 11.0. The predicted octanol–water partition coefficient (Wildman–Crippen LogP) is 5.18. The monoisotopic (exact) mass is 366 g/mol. The second kappa shape index (κ2) is 7.73. The van der Waals surface area contributed by atoms with Crippen molar-refractivity contribution in [3.05, 3.63) is 64.7 Å². The molecular formula is C23H26O4. The van der Waals surface area contributed by atoms with Crippen molar-refractivity contribution in [2.24, 2.45) is 0 Å². The van der Waals surface area contributed by atoms with Gasteiger partial charge in [-0.25, -0.2) is 0 Å². The van der Waals surface area contributed by atoms with Crippen LogP contribution in [0.3, 0.4) is 0 Å². The number of aliphatic carboxylic acids is 1. The fraction of sp³-hybridized carbons (Fsp3) is 0.435. The van der Waals surface area contributed by atoms with E-state index in [9.17, 15) is 4.79 Å². The van der Waals surface area contributed by atoms with Gasteiger partial charge in [0.2, 0.25) is 0 Å². The quantitative estimate of drug-likeness (QED) is 0.699. The number of hydrogen-bond acceptors (Lipinski definition) is 3. The lowest BCUT2D eigenvalue weighted by molar-refractivity contribution is -0.140. The molecule has 1 saturated carbocycles. The van der Waals surface area contributed by atoms with Crippen LogP contribution in [0.15, 0.2) is 42.5 Å². The largest absolute Gasteiger partial charge is 0.486 e. The number of hydrogen-bond donors (Lipinski definition) is 1. The van der Waals surface area contributed by atoms with Crippen LogP contribution in [-0.2, 0) is 16.0 Å². The molecular weight excluding hydrogens is 340 g/mol. The van der Waals surface area contributed by atoms with Crippen molar-refractivity contribution in [2.75, 3.05) is 6.61 Å². The molecule has 0 spiro atoms. The summed E-state index contributed by atoms with van der Waals surface area (Å²) < 4.78 is 11.9. The molecule has 0 heterocycles. The summed E-state index contributed by atoms with van der Waals surface area (Å²) in [5.41, 5.74) is 5.23. The molecule has 2 aromatic rings. The molecule has 0 unspecified atom stereocenters. The van der Waals surface area contributed by atoms with Gasteiger partial charge in [0.15, 0.2) is 0 Å². The van der Waals surface area contributed by atoms with Gasteiger partial charge in [-0.1, -0.05) is 30.3 Å². The number of rotatable bonds is 8. The van der Waals surface area contributed by atoms with Crippen molar-refractivity contribution in [1.82, 2.24) is 0 Å². The molecule has 0 bridgehead atoms. The van der Waals surface area contributed by atoms with Crippen LogP contribution in [0.25, 0.3) is 0 Å². The Hall–Kier alpha value is -2.33. The molecule has 0 amide bonds. The van der Waals surface area contributed by atoms with E-state index < -0.39 is 12.1 Å². The molecule has 2 aromatic carbocycles. The highest BCUT2D eigenvalue weighted by atomic mass is 16.5. The molecule has 0 radical (unpaired) electrons. The Bertz CT molecular complexity index is 808. The highest BCUT2D eigenvalue weighted by molar-refractivity contribution is 5.67. The molecule has 0 saturated heterocycles. The molecule has 1 fully saturated rings. The van der Waals surface area contributed by atoms with Gasteiger partial charge in [0, 0.05) is 6.61 Å². The molecule has 142 valence electrons. The maximum absolute atomic E-state index is 11.0. The first kappa shape index (κ1) is 18.1. The summed E-state index contributed by atoms with van der Waals surface area (Å²) in [6.07, 6.45) is 4.40. The van der Waals surface area contributed by atoms with E-state index in [4.69, 9.17) is 14.6 Å². The third-order valence-electron chi connectivity index (χ3n) is 5.53. The van der Waals surface area contributed by atoms with E-state index in [-0.39, 0.29) is 12.5 Å². The average Bonchev–Trinajstić information content (AvgIpc) is 3.43. The fourth-order valence-corrected chi connectivity index (χ4v) is 4.10. The zero-order chi connectivity index (χ0) is 18.8. The van der Waals surface area contributed by atoms with E-state index in [2.05, 4.69) is 18.2 Å². The Balaban J connectivity index is 1.47. The minimum atomic E-state index is -0.859. The molecule has 4 heteroatoms. The topological polar surface area (TPSA) is 55.8 Å². The second-order valence-corrected chi connectivity index (χ2v) is 7.45. The maximum Gasteiger partial charge on any atom is 0.306 e. The first-order chi connectivity index (χ1) is 13.2. The van der Waals surface area contributed by atoms with Crippen LogP contribution in [0.5, 0.6) is 5.75 Å². The van der Waals surface area contributed by atoms with Gasteiger partial charge >= 0.3 is 5.97 Å². The molecule has 1 N–H and O–H groups in total. The van der Waals surface area contributed by atoms with Crippen LogP contribution >= 0.6 is 0 Å². The van der Waals surface area contributed by atoms with Crippen molar-refractivity contribution >= 4 is 5.97 Å². The van der Waals surface area contributed by atoms with Gasteiger partial charge in [-0.15, -0.1) is 0 Å². The molecule has 0 aromatic heterocycles. The third-order valence-corrected chi connectivity index (χ3v) is 5.53. The summed E-state index contributed by atoms with van der Waals surface area (Å²) in [6.45, 7) is 2.36. The predicted molar refractivity (Wildman–Crippen MR) is 103 cm³/mol. The van der Waals surface area contributed by atoms with Gasteiger partial charge in [-0.2, -0.15) is 0 Å². The Morgan fingerprint density at radius 1 is 1.11 bits per heavy atom. The number of carbonyl (C=O) groups is 1. The second-order valence-electron chi connectivity index (χ2n) is 7.45. The van der Waals surface area contributed by atoms with E-state index in [0.29, 0.717) is 6.61 Å².